The molecule has 1 saturated heterocycles. The number of hydrogen-bond acceptors (Lipinski definition) is 8. The molecule has 0 aliphatic carbocycles. The highest BCUT2D eigenvalue weighted by molar-refractivity contribution is 5.98. The van der Waals surface area contributed by atoms with E-state index < -0.39 is 12.8 Å². The third kappa shape index (κ3) is 9.25. The molecular formula is C37H42F4N8O3. The number of methoxy groups -OCH3 is 1. The number of alkyl halides is 3. The molecule has 1 aliphatic rings. The van der Waals surface area contributed by atoms with Crippen molar-refractivity contribution in [3.05, 3.63) is 89.9 Å². The lowest BCUT2D eigenvalue weighted by Gasteiger charge is -2.34. The number of para-hydroxylation sites is 2. The van der Waals surface area contributed by atoms with Crippen molar-refractivity contribution in [1.29, 1.82) is 0 Å². The van der Waals surface area contributed by atoms with E-state index in [9.17, 15) is 22.4 Å². The van der Waals surface area contributed by atoms with Crippen molar-refractivity contribution < 1.29 is 31.8 Å². The van der Waals surface area contributed by atoms with E-state index in [0.717, 1.165) is 61.1 Å². The molecule has 15 heteroatoms. The molecule has 1 unspecified atom stereocenters. The number of hydrogen-bond donors (Lipinski definition) is 2. The quantitative estimate of drug-likeness (QED) is 0.0948. The summed E-state index contributed by atoms with van der Waals surface area (Å²) in [4.78, 5) is 22.6. The Kier molecular flexibility index (Phi) is 11.7. The van der Waals surface area contributed by atoms with Crippen LogP contribution in [0.2, 0.25) is 0 Å². The van der Waals surface area contributed by atoms with Gasteiger partial charge in [0.15, 0.2) is 0 Å². The van der Waals surface area contributed by atoms with Crippen molar-refractivity contribution in [2.45, 2.75) is 43.9 Å². The third-order valence-electron chi connectivity index (χ3n) is 9.42. The molecule has 6 rings (SSSR count). The molecule has 0 saturated carbocycles. The average molecular weight is 723 g/mol. The van der Waals surface area contributed by atoms with E-state index in [1.54, 1.807) is 42.4 Å². The molecule has 276 valence electrons. The molecule has 3 aromatic carbocycles. The zero-order chi connectivity index (χ0) is 36.7. The second-order valence-electron chi connectivity index (χ2n) is 13.0. The molecule has 52 heavy (non-hydrogen) atoms. The lowest BCUT2D eigenvalue weighted by molar-refractivity contribution is -0.174. The summed E-state index contributed by atoms with van der Waals surface area (Å²) in [6.45, 7) is 1.68. The Labute approximate surface area is 298 Å². The van der Waals surface area contributed by atoms with Crippen LogP contribution in [-0.4, -0.2) is 106 Å². The van der Waals surface area contributed by atoms with Crippen LogP contribution in [0, 0.1) is 5.82 Å². The summed E-state index contributed by atoms with van der Waals surface area (Å²) in [6.07, 6.45) is -0.365. The number of carbonyl (C=O) groups excluding carboxylic acids is 1. The molecule has 1 aliphatic heterocycles. The monoisotopic (exact) mass is 722 g/mol. The molecule has 1 fully saturated rings. The Hall–Kier alpha value is -5.02. The number of piperidine rings is 1. The number of likely N-dealkylation sites (tertiary alicyclic amines) is 1. The van der Waals surface area contributed by atoms with Crippen molar-refractivity contribution in [3.63, 3.8) is 0 Å². The van der Waals surface area contributed by atoms with Gasteiger partial charge in [0.05, 0.1) is 36.5 Å². The lowest BCUT2D eigenvalue weighted by atomic mass is 9.93. The highest BCUT2D eigenvalue weighted by Crippen LogP contribution is 2.29. The molecule has 0 bridgehead atoms. The van der Waals surface area contributed by atoms with Crippen LogP contribution in [0.25, 0.3) is 22.3 Å². The zero-order valence-corrected chi connectivity index (χ0v) is 29.1. The largest absolute Gasteiger partial charge is 0.496 e. The van der Waals surface area contributed by atoms with E-state index >= 15 is 0 Å². The molecule has 1 amide bonds. The number of nitrogens with one attached hydrogen (secondary N) is 2. The van der Waals surface area contributed by atoms with Crippen molar-refractivity contribution in [2.75, 3.05) is 58.9 Å². The molecule has 5 aromatic rings. The number of imidazole rings is 1. The number of likely N-dealkylation sites (N-methyl/N-ethyl adjacent to an activating group) is 1. The minimum absolute atomic E-state index is 0.0606. The van der Waals surface area contributed by atoms with Gasteiger partial charge in [0.25, 0.3) is 5.91 Å². The maximum Gasteiger partial charge on any atom is 0.411 e. The summed E-state index contributed by atoms with van der Waals surface area (Å²) in [6, 6.07) is 19.4. The standard InChI is InChI=1S/C37H42F4N8O3/c1-47(35(50)30-21-26(9-12-34(30)51-2)32-22-42-46-45-32)23-27(25-7-10-28(38)11-8-25)13-16-48-17-14-29(15-18-48)43-36-44-31-5-3-4-6-33(31)49(36)19-20-52-24-37(39,40)41/h3-12,21-22,27,29H,13-20,23-24H2,1-2H3,(H,43,44)(H,42,45,46). The van der Waals surface area contributed by atoms with Gasteiger partial charge in [-0.1, -0.05) is 24.3 Å². The maximum absolute atomic E-state index is 13.9. The number of fused-ring (bicyclic) bond motifs is 1. The van der Waals surface area contributed by atoms with Crippen LogP contribution in [0.15, 0.2) is 72.9 Å². The number of carbonyl (C=O) groups is 1. The number of benzene rings is 3. The minimum atomic E-state index is -4.38. The molecular weight excluding hydrogens is 680 g/mol. The summed E-state index contributed by atoms with van der Waals surface area (Å²) in [7, 11) is 3.28. The van der Waals surface area contributed by atoms with Gasteiger partial charge >= 0.3 is 6.18 Å². The number of aromatic nitrogens is 5. The van der Waals surface area contributed by atoms with Crippen LogP contribution in [0.4, 0.5) is 23.5 Å². The molecule has 2 N–H and O–H groups in total. The number of nitrogens with zero attached hydrogens (tertiary/aromatic N) is 6. The minimum Gasteiger partial charge on any atom is -0.496 e. The predicted molar refractivity (Wildman–Crippen MR) is 189 cm³/mol. The Morgan fingerprint density at radius 2 is 1.85 bits per heavy atom. The zero-order valence-electron chi connectivity index (χ0n) is 29.1. The van der Waals surface area contributed by atoms with Crippen LogP contribution >= 0.6 is 0 Å². The summed E-state index contributed by atoms with van der Waals surface area (Å²) in [5.41, 5.74) is 4.27. The van der Waals surface area contributed by atoms with Gasteiger partial charge in [-0.2, -0.15) is 28.6 Å². The van der Waals surface area contributed by atoms with Crippen molar-refractivity contribution in [1.82, 2.24) is 34.8 Å². The number of anilines is 1. The van der Waals surface area contributed by atoms with E-state index in [0.29, 0.717) is 29.5 Å². The van der Waals surface area contributed by atoms with E-state index in [1.165, 1.54) is 19.2 Å². The first-order valence-electron chi connectivity index (χ1n) is 17.2. The van der Waals surface area contributed by atoms with Gasteiger partial charge < -0.3 is 29.2 Å². The van der Waals surface area contributed by atoms with E-state index in [2.05, 4.69) is 25.6 Å². The van der Waals surface area contributed by atoms with Crippen LogP contribution in [0.5, 0.6) is 5.75 Å². The van der Waals surface area contributed by atoms with Crippen molar-refractivity contribution in [2.24, 2.45) is 0 Å². The number of halogens is 4. The smallest absolute Gasteiger partial charge is 0.411 e. The number of rotatable bonds is 15. The highest BCUT2D eigenvalue weighted by atomic mass is 19.4. The fourth-order valence-electron chi connectivity index (χ4n) is 6.67. The first-order chi connectivity index (χ1) is 25.1. The second-order valence-corrected chi connectivity index (χ2v) is 13.0. The van der Waals surface area contributed by atoms with Gasteiger partial charge in [-0.05, 0) is 73.8 Å². The van der Waals surface area contributed by atoms with E-state index in [-0.39, 0.29) is 36.8 Å². The normalized spacial score (nSPS) is 14.8. The van der Waals surface area contributed by atoms with Crippen LogP contribution in [0.1, 0.15) is 41.1 Å². The molecule has 0 spiro atoms. The first-order valence-corrected chi connectivity index (χ1v) is 17.2. The molecule has 0 radical (unpaired) electrons. The predicted octanol–water partition coefficient (Wildman–Crippen LogP) is 6.37. The van der Waals surface area contributed by atoms with Gasteiger partial charge in [0.1, 0.15) is 23.9 Å². The molecule has 11 nitrogen and oxygen atoms in total. The lowest BCUT2D eigenvalue weighted by Crippen LogP contribution is -2.40. The van der Waals surface area contributed by atoms with E-state index in [1.807, 2.05) is 34.9 Å². The van der Waals surface area contributed by atoms with Crippen LogP contribution in [0.3, 0.4) is 0 Å². The van der Waals surface area contributed by atoms with Crippen LogP contribution in [-0.2, 0) is 11.3 Å². The number of aromatic amines is 1. The van der Waals surface area contributed by atoms with Crippen molar-refractivity contribution in [3.8, 4) is 17.0 Å². The van der Waals surface area contributed by atoms with Crippen molar-refractivity contribution >= 4 is 22.9 Å². The van der Waals surface area contributed by atoms with Gasteiger partial charge in [0, 0.05) is 50.7 Å². The summed E-state index contributed by atoms with van der Waals surface area (Å²) in [5, 5.41) is 14.1. The Morgan fingerprint density at radius 3 is 2.56 bits per heavy atom. The number of amides is 1. The Balaban J connectivity index is 1.08. The molecule has 1 atom stereocenters. The van der Waals surface area contributed by atoms with Crippen LogP contribution < -0.4 is 10.1 Å². The number of H-pyrrole nitrogens is 1. The summed E-state index contributed by atoms with van der Waals surface area (Å²) < 4.78 is 64.1. The fraction of sp³-hybridized carbons (Fsp3) is 0.405. The Morgan fingerprint density at radius 1 is 1.08 bits per heavy atom. The van der Waals surface area contributed by atoms with Gasteiger partial charge in [-0.3, -0.25) is 4.79 Å². The maximum atomic E-state index is 13.9. The van der Waals surface area contributed by atoms with Gasteiger partial charge in [0.2, 0.25) is 5.95 Å². The summed E-state index contributed by atoms with van der Waals surface area (Å²) >= 11 is 0. The first kappa shape index (κ1) is 36.8. The Bertz CT molecular complexity index is 1910. The summed E-state index contributed by atoms with van der Waals surface area (Å²) in [5.74, 6) is 0.471. The SMILES string of the molecule is COc1ccc(-c2cn[nH]n2)cc1C(=O)N(C)CC(CCN1CCC(Nc2nc3ccccc3n2CCOCC(F)(F)F)CC1)c1ccc(F)cc1. The average Bonchev–Trinajstić information content (AvgIpc) is 3.80. The van der Waals surface area contributed by atoms with Gasteiger partial charge in [-0.25, -0.2) is 9.37 Å². The van der Waals surface area contributed by atoms with E-state index in [4.69, 9.17) is 14.5 Å². The van der Waals surface area contributed by atoms with Gasteiger partial charge in [-0.15, -0.1) is 0 Å². The number of ether oxygens (including phenoxy) is 2. The molecule has 2 aromatic heterocycles. The second kappa shape index (κ2) is 16.5. The molecule has 3 heterocycles. The third-order valence-corrected chi connectivity index (χ3v) is 9.42. The highest BCUT2D eigenvalue weighted by Gasteiger charge is 2.28. The topological polar surface area (TPSA) is 113 Å². The fourth-order valence-corrected chi connectivity index (χ4v) is 6.67.